The standard InChI is InChI=1S/C24H34O5/c1-21-6-4-20-18(19(21)5-7-24(21)28-10-11-29-24)3-2-16-13-23(26-8-9-27-23)17-12-22(16,20)15-25-14-17/h2,17-20H,3-15H2,1H3. The van der Waals surface area contributed by atoms with Gasteiger partial charge in [0.05, 0.1) is 39.6 Å². The normalized spacial score (nSPS) is 51.6. The van der Waals surface area contributed by atoms with Crippen molar-refractivity contribution in [3.8, 4) is 0 Å². The molecule has 7 rings (SSSR count). The lowest BCUT2D eigenvalue weighted by Crippen LogP contribution is -2.62. The van der Waals surface area contributed by atoms with Gasteiger partial charge in [0.1, 0.15) is 0 Å². The third-order valence-corrected chi connectivity index (χ3v) is 10.3. The lowest BCUT2D eigenvalue weighted by molar-refractivity contribution is -0.267. The molecule has 0 aromatic carbocycles. The average Bonchev–Trinajstić information content (AvgIpc) is 3.46. The summed E-state index contributed by atoms with van der Waals surface area (Å²) in [7, 11) is 0. The summed E-state index contributed by atoms with van der Waals surface area (Å²) in [5, 5.41) is 0. The van der Waals surface area contributed by atoms with Crippen molar-refractivity contribution in [2.24, 2.45) is 34.5 Å². The highest BCUT2D eigenvalue weighted by Gasteiger charge is 2.69. The number of hydrogen-bond acceptors (Lipinski definition) is 5. The smallest absolute Gasteiger partial charge is 0.177 e. The zero-order chi connectivity index (χ0) is 19.3. The predicted molar refractivity (Wildman–Crippen MR) is 105 cm³/mol. The van der Waals surface area contributed by atoms with E-state index in [0.717, 1.165) is 64.3 Å². The first-order valence-corrected chi connectivity index (χ1v) is 11.9. The average molecular weight is 403 g/mol. The lowest BCUT2D eigenvalue weighted by Gasteiger charge is -2.63. The van der Waals surface area contributed by atoms with E-state index in [2.05, 4.69) is 13.0 Å². The van der Waals surface area contributed by atoms with Crippen LogP contribution in [0.4, 0.5) is 0 Å². The SMILES string of the molecule is CC12CCC3C(CC=C4CC5(OCCO5)C5COCC43C5)C1CCC21OCCO1. The van der Waals surface area contributed by atoms with Gasteiger partial charge in [0.2, 0.25) is 0 Å². The van der Waals surface area contributed by atoms with Crippen LogP contribution >= 0.6 is 0 Å². The summed E-state index contributed by atoms with van der Waals surface area (Å²) in [6, 6.07) is 0. The Morgan fingerprint density at radius 1 is 0.931 bits per heavy atom. The number of rotatable bonds is 0. The Balaban J connectivity index is 1.26. The quantitative estimate of drug-likeness (QED) is 0.579. The zero-order valence-corrected chi connectivity index (χ0v) is 17.6. The van der Waals surface area contributed by atoms with Crippen molar-refractivity contribution in [1.82, 2.24) is 0 Å². The van der Waals surface area contributed by atoms with Crippen molar-refractivity contribution in [1.29, 1.82) is 0 Å². The molecule has 0 aromatic heterocycles. The van der Waals surface area contributed by atoms with Crippen LogP contribution in [0.25, 0.3) is 0 Å². The Hall–Kier alpha value is -0.460. The van der Waals surface area contributed by atoms with E-state index in [1.54, 1.807) is 5.57 Å². The van der Waals surface area contributed by atoms with Gasteiger partial charge in [0.15, 0.2) is 11.6 Å². The molecule has 0 radical (unpaired) electrons. The molecule has 2 bridgehead atoms. The minimum Gasteiger partial charge on any atom is -0.380 e. The fraction of sp³-hybridized carbons (Fsp3) is 0.917. The van der Waals surface area contributed by atoms with Crippen LogP contribution in [0.5, 0.6) is 0 Å². The molecule has 6 fully saturated rings. The molecule has 5 nitrogen and oxygen atoms in total. The van der Waals surface area contributed by atoms with Gasteiger partial charge in [-0.05, 0) is 49.9 Å². The van der Waals surface area contributed by atoms with Gasteiger partial charge in [-0.1, -0.05) is 18.6 Å². The molecule has 0 amide bonds. The molecule has 3 heterocycles. The van der Waals surface area contributed by atoms with Crippen molar-refractivity contribution < 1.29 is 23.7 Å². The van der Waals surface area contributed by atoms with Crippen LogP contribution in [0.15, 0.2) is 11.6 Å². The van der Waals surface area contributed by atoms with Crippen LogP contribution < -0.4 is 0 Å². The van der Waals surface area contributed by atoms with E-state index < -0.39 is 5.79 Å². The fourth-order valence-corrected chi connectivity index (χ4v) is 9.08. The second-order valence-corrected chi connectivity index (χ2v) is 11.0. The van der Waals surface area contributed by atoms with E-state index in [4.69, 9.17) is 23.7 Å². The van der Waals surface area contributed by atoms with E-state index in [1.807, 2.05) is 0 Å². The van der Waals surface area contributed by atoms with Crippen molar-refractivity contribution >= 4 is 0 Å². The lowest BCUT2D eigenvalue weighted by atomic mass is 9.45. The third kappa shape index (κ3) is 2.10. The maximum atomic E-state index is 6.31. The van der Waals surface area contributed by atoms with Gasteiger partial charge in [0.25, 0.3) is 0 Å². The molecular formula is C24H34O5. The molecule has 3 aliphatic heterocycles. The van der Waals surface area contributed by atoms with Crippen molar-refractivity contribution in [2.75, 3.05) is 39.6 Å². The second kappa shape index (κ2) is 5.86. The Bertz CT molecular complexity index is 736. The number of ether oxygens (including phenoxy) is 5. The molecule has 3 saturated carbocycles. The molecule has 3 saturated heterocycles. The first-order chi connectivity index (χ1) is 14.1. The van der Waals surface area contributed by atoms with Crippen LogP contribution in [0.1, 0.15) is 51.9 Å². The van der Waals surface area contributed by atoms with Crippen molar-refractivity contribution in [3.63, 3.8) is 0 Å². The van der Waals surface area contributed by atoms with Gasteiger partial charge in [-0.25, -0.2) is 0 Å². The summed E-state index contributed by atoms with van der Waals surface area (Å²) in [6.07, 6.45) is 10.7. The highest BCUT2D eigenvalue weighted by Crippen LogP contribution is 2.70. The molecule has 6 unspecified atom stereocenters. The Morgan fingerprint density at radius 3 is 2.52 bits per heavy atom. The summed E-state index contributed by atoms with van der Waals surface area (Å²) >= 11 is 0. The summed E-state index contributed by atoms with van der Waals surface area (Å²) in [6.45, 7) is 7.15. The number of fused-ring (bicyclic) bond motifs is 6. The summed E-state index contributed by atoms with van der Waals surface area (Å²) in [4.78, 5) is 0. The molecule has 5 heteroatoms. The molecule has 4 aliphatic carbocycles. The van der Waals surface area contributed by atoms with E-state index >= 15 is 0 Å². The molecule has 6 atom stereocenters. The second-order valence-electron chi connectivity index (χ2n) is 11.0. The first kappa shape index (κ1) is 18.1. The minimum atomic E-state index is -0.408. The van der Waals surface area contributed by atoms with Crippen LogP contribution in [-0.4, -0.2) is 51.2 Å². The molecule has 0 N–H and O–H groups in total. The number of hydrogen-bond donors (Lipinski definition) is 0. The molecule has 3 spiro atoms. The maximum absolute atomic E-state index is 6.31. The van der Waals surface area contributed by atoms with Crippen LogP contribution in [0.3, 0.4) is 0 Å². The molecule has 29 heavy (non-hydrogen) atoms. The van der Waals surface area contributed by atoms with Crippen molar-refractivity contribution in [3.05, 3.63) is 11.6 Å². The van der Waals surface area contributed by atoms with Gasteiger partial charge in [-0.15, -0.1) is 0 Å². The first-order valence-electron chi connectivity index (χ1n) is 11.9. The van der Waals surface area contributed by atoms with Crippen molar-refractivity contribution in [2.45, 2.75) is 63.4 Å². The Kier molecular flexibility index (Phi) is 3.67. The van der Waals surface area contributed by atoms with E-state index in [-0.39, 0.29) is 16.6 Å². The van der Waals surface area contributed by atoms with Crippen LogP contribution in [0.2, 0.25) is 0 Å². The van der Waals surface area contributed by atoms with E-state index in [9.17, 15) is 0 Å². The van der Waals surface area contributed by atoms with Gasteiger partial charge in [-0.3, -0.25) is 0 Å². The zero-order valence-electron chi connectivity index (χ0n) is 17.6. The Labute approximate surface area is 173 Å². The molecular weight excluding hydrogens is 368 g/mol. The summed E-state index contributed by atoms with van der Waals surface area (Å²) in [5.74, 6) is 1.80. The topological polar surface area (TPSA) is 46.2 Å². The Morgan fingerprint density at radius 2 is 1.69 bits per heavy atom. The van der Waals surface area contributed by atoms with E-state index in [0.29, 0.717) is 11.8 Å². The molecule has 160 valence electrons. The summed E-state index contributed by atoms with van der Waals surface area (Å²) in [5.41, 5.74) is 1.96. The monoisotopic (exact) mass is 402 g/mol. The van der Waals surface area contributed by atoms with Gasteiger partial charge < -0.3 is 23.7 Å². The summed E-state index contributed by atoms with van der Waals surface area (Å²) < 4.78 is 31.4. The molecule has 7 aliphatic rings. The highest BCUT2D eigenvalue weighted by atomic mass is 16.7. The fourth-order valence-electron chi connectivity index (χ4n) is 9.08. The number of allylic oxidation sites excluding steroid dienone is 1. The predicted octanol–water partition coefficient (Wildman–Crippen LogP) is 3.67. The van der Waals surface area contributed by atoms with E-state index in [1.165, 1.54) is 32.1 Å². The van der Waals surface area contributed by atoms with Crippen LogP contribution in [0, 0.1) is 34.5 Å². The molecule has 0 aromatic rings. The van der Waals surface area contributed by atoms with Crippen LogP contribution in [-0.2, 0) is 23.7 Å². The minimum absolute atomic E-state index is 0.162. The van der Waals surface area contributed by atoms with Gasteiger partial charge >= 0.3 is 0 Å². The largest absolute Gasteiger partial charge is 0.380 e. The maximum Gasteiger partial charge on any atom is 0.177 e. The highest BCUT2D eigenvalue weighted by molar-refractivity contribution is 5.30. The third-order valence-electron chi connectivity index (χ3n) is 10.3. The van der Waals surface area contributed by atoms with Gasteiger partial charge in [0, 0.05) is 29.6 Å². The van der Waals surface area contributed by atoms with Gasteiger partial charge in [-0.2, -0.15) is 0 Å².